The van der Waals surface area contributed by atoms with Crippen molar-refractivity contribution in [2.24, 2.45) is 0 Å². The average Bonchev–Trinajstić information content (AvgIpc) is 2.87. The van der Waals surface area contributed by atoms with Crippen LogP contribution < -0.4 is 5.32 Å². The molecule has 0 aliphatic rings. The van der Waals surface area contributed by atoms with E-state index in [1.165, 1.54) is 0 Å². The van der Waals surface area contributed by atoms with Gasteiger partial charge in [-0.15, -0.1) is 0 Å². The minimum atomic E-state index is -0.101. The second-order valence-corrected chi connectivity index (χ2v) is 4.47. The predicted octanol–water partition coefficient (Wildman–Crippen LogP) is 1.86. The molecule has 0 aliphatic carbocycles. The third-order valence-electron chi connectivity index (χ3n) is 2.23. The number of aromatic nitrogens is 2. The summed E-state index contributed by atoms with van der Waals surface area (Å²) in [5.41, 5.74) is 0.865. The van der Waals surface area contributed by atoms with Crippen molar-refractivity contribution < 1.29 is 9.21 Å². The molecule has 0 bridgehead atoms. The summed E-state index contributed by atoms with van der Waals surface area (Å²) < 4.78 is 7.61. The summed E-state index contributed by atoms with van der Waals surface area (Å²) in [6, 6.07) is 3.60. The first-order valence-corrected chi connectivity index (χ1v) is 5.93. The van der Waals surface area contributed by atoms with E-state index in [1.807, 2.05) is 13.0 Å². The Hall–Kier alpha value is -1.56. The van der Waals surface area contributed by atoms with Crippen LogP contribution in [-0.4, -0.2) is 15.7 Å². The van der Waals surface area contributed by atoms with E-state index < -0.39 is 0 Å². The molecule has 1 amide bonds. The van der Waals surface area contributed by atoms with Gasteiger partial charge in [0.1, 0.15) is 12.3 Å². The molecule has 0 atom stereocenters. The highest BCUT2D eigenvalue weighted by Crippen LogP contribution is 2.12. The lowest BCUT2D eigenvalue weighted by Crippen LogP contribution is -2.27. The second-order valence-electron chi connectivity index (χ2n) is 3.62. The van der Waals surface area contributed by atoms with E-state index in [9.17, 15) is 4.79 Å². The average molecular weight is 298 g/mol. The van der Waals surface area contributed by atoms with Crippen LogP contribution in [0.3, 0.4) is 0 Å². The zero-order chi connectivity index (χ0) is 12.3. The molecule has 0 radical (unpaired) electrons. The van der Waals surface area contributed by atoms with Crippen LogP contribution in [-0.2, 0) is 17.9 Å². The molecule has 1 N–H and O–H groups in total. The van der Waals surface area contributed by atoms with Gasteiger partial charge >= 0.3 is 0 Å². The molecule has 17 heavy (non-hydrogen) atoms. The number of hydrogen-bond acceptors (Lipinski definition) is 3. The van der Waals surface area contributed by atoms with Crippen LogP contribution in [0, 0.1) is 6.92 Å². The molecular weight excluding hydrogens is 286 g/mol. The van der Waals surface area contributed by atoms with Gasteiger partial charge < -0.3 is 9.73 Å². The molecule has 0 aromatic carbocycles. The van der Waals surface area contributed by atoms with Crippen molar-refractivity contribution in [3.05, 3.63) is 40.5 Å². The van der Waals surface area contributed by atoms with E-state index in [1.54, 1.807) is 23.2 Å². The second kappa shape index (κ2) is 5.18. The molecule has 2 aromatic rings. The van der Waals surface area contributed by atoms with Crippen LogP contribution in [0.15, 0.2) is 33.5 Å². The Morgan fingerprint density at radius 3 is 3.06 bits per heavy atom. The van der Waals surface area contributed by atoms with Crippen molar-refractivity contribution in [2.45, 2.75) is 20.0 Å². The van der Waals surface area contributed by atoms with Crippen LogP contribution in [0.5, 0.6) is 0 Å². The minimum Gasteiger partial charge on any atom is -0.467 e. The number of nitrogens with one attached hydrogen (secondary N) is 1. The van der Waals surface area contributed by atoms with Crippen LogP contribution in [0.4, 0.5) is 0 Å². The van der Waals surface area contributed by atoms with Crippen LogP contribution >= 0.6 is 15.9 Å². The number of carbonyl (C=O) groups is 1. The van der Waals surface area contributed by atoms with Crippen LogP contribution in [0.1, 0.15) is 11.5 Å². The molecule has 6 heteroatoms. The highest BCUT2D eigenvalue weighted by atomic mass is 79.9. The maximum Gasteiger partial charge on any atom is 0.242 e. The third-order valence-corrected chi connectivity index (χ3v) is 3.01. The molecule has 0 unspecified atom stereocenters. The van der Waals surface area contributed by atoms with Gasteiger partial charge in [-0.05, 0) is 35.0 Å². The quantitative estimate of drug-likeness (QED) is 0.937. The van der Waals surface area contributed by atoms with Gasteiger partial charge in [0, 0.05) is 6.20 Å². The first-order chi connectivity index (χ1) is 8.15. The zero-order valence-corrected chi connectivity index (χ0v) is 10.9. The Labute approximate surface area is 107 Å². The predicted molar refractivity (Wildman–Crippen MR) is 65.2 cm³/mol. The summed E-state index contributed by atoms with van der Waals surface area (Å²) in [4.78, 5) is 11.6. The van der Waals surface area contributed by atoms with Crippen molar-refractivity contribution in [1.29, 1.82) is 0 Å². The lowest BCUT2D eigenvalue weighted by molar-refractivity contribution is -0.122. The van der Waals surface area contributed by atoms with E-state index in [0.29, 0.717) is 6.54 Å². The van der Waals surface area contributed by atoms with Gasteiger partial charge in [0.05, 0.1) is 23.0 Å². The summed E-state index contributed by atoms with van der Waals surface area (Å²) in [6.45, 7) is 2.47. The molecule has 5 nitrogen and oxygen atoms in total. The fourth-order valence-corrected chi connectivity index (χ4v) is 1.69. The lowest BCUT2D eigenvalue weighted by Gasteiger charge is -2.03. The van der Waals surface area contributed by atoms with E-state index in [2.05, 4.69) is 26.3 Å². The Kier molecular flexibility index (Phi) is 3.63. The van der Waals surface area contributed by atoms with Gasteiger partial charge in [0.2, 0.25) is 5.91 Å². The lowest BCUT2D eigenvalue weighted by atomic mass is 10.4. The highest BCUT2D eigenvalue weighted by molar-refractivity contribution is 9.10. The smallest absolute Gasteiger partial charge is 0.242 e. The molecule has 90 valence electrons. The number of nitrogens with zero attached hydrogens (tertiary/aromatic N) is 2. The number of furan rings is 1. The molecule has 0 saturated carbocycles. The number of rotatable bonds is 4. The van der Waals surface area contributed by atoms with Gasteiger partial charge in [0.15, 0.2) is 0 Å². The van der Waals surface area contributed by atoms with Crippen molar-refractivity contribution in [3.63, 3.8) is 0 Å². The maximum atomic E-state index is 11.6. The van der Waals surface area contributed by atoms with Crippen LogP contribution in [0.25, 0.3) is 0 Å². The molecule has 0 spiro atoms. The van der Waals surface area contributed by atoms with Crippen LogP contribution in [0.2, 0.25) is 0 Å². The van der Waals surface area contributed by atoms with E-state index in [4.69, 9.17) is 4.42 Å². The van der Waals surface area contributed by atoms with E-state index in [0.717, 1.165) is 15.9 Å². The van der Waals surface area contributed by atoms with Gasteiger partial charge in [-0.2, -0.15) is 5.10 Å². The number of amides is 1. The molecular formula is C11H12BrN3O2. The fraction of sp³-hybridized carbons (Fsp3) is 0.273. The minimum absolute atomic E-state index is 0.101. The molecule has 2 aromatic heterocycles. The Balaban J connectivity index is 1.85. The van der Waals surface area contributed by atoms with E-state index in [-0.39, 0.29) is 12.5 Å². The van der Waals surface area contributed by atoms with E-state index >= 15 is 0 Å². The fourth-order valence-electron chi connectivity index (χ4n) is 1.38. The number of hydrogen-bond donors (Lipinski definition) is 1. The first kappa shape index (κ1) is 11.9. The summed E-state index contributed by atoms with van der Waals surface area (Å²) in [7, 11) is 0. The molecule has 0 saturated heterocycles. The first-order valence-electron chi connectivity index (χ1n) is 5.14. The molecule has 0 aliphatic heterocycles. The number of halogens is 1. The van der Waals surface area contributed by atoms with Gasteiger partial charge in [-0.1, -0.05) is 0 Å². The van der Waals surface area contributed by atoms with Gasteiger partial charge in [-0.3, -0.25) is 9.48 Å². The SMILES string of the molecule is Cc1nn(CC(=O)NCc2ccco2)cc1Br. The monoisotopic (exact) mass is 297 g/mol. The summed E-state index contributed by atoms with van der Waals surface area (Å²) in [5.74, 6) is 0.632. The maximum absolute atomic E-state index is 11.6. The topological polar surface area (TPSA) is 60.1 Å². The van der Waals surface area contributed by atoms with Crippen molar-refractivity contribution in [2.75, 3.05) is 0 Å². The standard InChI is InChI=1S/C11H12BrN3O2/c1-8-10(12)6-15(14-8)7-11(16)13-5-9-3-2-4-17-9/h2-4,6H,5,7H2,1H3,(H,13,16). The summed E-state index contributed by atoms with van der Waals surface area (Å²) in [5, 5.41) is 6.93. The normalized spacial score (nSPS) is 10.5. The third kappa shape index (κ3) is 3.20. The largest absolute Gasteiger partial charge is 0.467 e. The Morgan fingerprint density at radius 2 is 2.47 bits per heavy atom. The summed E-state index contributed by atoms with van der Waals surface area (Å²) >= 11 is 3.35. The summed E-state index contributed by atoms with van der Waals surface area (Å²) in [6.07, 6.45) is 3.36. The van der Waals surface area contributed by atoms with Crippen molar-refractivity contribution in [1.82, 2.24) is 15.1 Å². The Bertz CT molecular complexity index is 485. The van der Waals surface area contributed by atoms with Crippen molar-refractivity contribution in [3.8, 4) is 0 Å². The highest BCUT2D eigenvalue weighted by Gasteiger charge is 2.06. The number of aryl methyl sites for hydroxylation is 1. The Morgan fingerprint density at radius 1 is 1.65 bits per heavy atom. The number of carbonyl (C=O) groups excluding carboxylic acids is 1. The van der Waals surface area contributed by atoms with Gasteiger partial charge in [0.25, 0.3) is 0 Å². The van der Waals surface area contributed by atoms with Gasteiger partial charge in [-0.25, -0.2) is 0 Å². The molecule has 2 rings (SSSR count). The molecule has 2 heterocycles. The molecule has 0 fully saturated rings. The zero-order valence-electron chi connectivity index (χ0n) is 9.31. The van der Waals surface area contributed by atoms with Crippen molar-refractivity contribution >= 4 is 21.8 Å².